The van der Waals surface area contributed by atoms with Crippen molar-refractivity contribution in [3.8, 4) is 0 Å². The summed E-state index contributed by atoms with van der Waals surface area (Å²) in [6.07, 6.45) is 2.01. The van der Waals surface area contributed by atoms with E-state index in [-0.39, 0.29) is 17.0 Å². The zero-order valence-electron chi connectivity index (χ0n) is 12.9. The van der Waals surface area contributed by atoms with Gasteiger partial charge in [0.1, 0.15) is 16.8 Å². The zero-order valence-corrected chi connectivity index (χ0v) is 13.7. The summed E-state index contributed by atoms with van der Waals surface area (Å²) < 4.78 is 35.8. The predicted molar refractivity (Wildman–Crippen MR) is 82.4 cm³/mol. The number of ether oxygens (including phenoxy) is 1. The maximum absolute atomic E-state index is 12.2. The highest BCUT2D eigenvalue weighted by Gasteiger charge is 2.43. The average molecular weight is 325 g/mol. The van der Waals surface area contributed by atoms with Gasteiger partial charge >= 0.3 is 0 Å². The Bertz CT molecular complexity index is 653. The van der Waals surface area contributed by atoms with Gasteiger partial charge in [-0.05, 0) is 30.9 Å². The molecule has 2 saturated heterocycles. The van der Waals surface area contributed by atoms with Crippen LogP contribution in [0, 0.1) is 5.92 Å². The first-order valence-electron chi connectivity index (χ1n) is 8.16. The van der Waals surface area contributed by atoms with Gasteiger partial charge in [0, 0.05) is 25.1 Å². The Labute approximate surface area is 131 Å². The molecule has 0 spiro atoms. The molecule has 1 saturated carbocycles. The van der Waals surface area contributed by atoms with Crippen molar-refractivity contribution in [1.29, 1.82) is 0 Å². The van der Waals surface area contributed by atoms with Crippen molar-refractivity contribution in [2.75, 3.05) is 25.5 Å². The van der Waals surface area contributed by atoms with Crippen molar-refractivity contribution in [2.24, 2.45) is 5.92 Å². The van der Waals surface area contributed by atoms with Crippen LogP contribution in [0.3, 0.4) is 0 Å². The summed E-state index contributed by atoms with van der Waals surface area (Å²) in [5, 5.41) is -0.368. The van der Waals surface area contributed by atoms with Gasteiger partial charge in [-0.2, -0.15) is 0 Å². The lowest BCUT2D eigenvalue weighted by Crippen LogP contribution is -2.58. The number of fused-ring (bicyclic) bond motifs is 1. The summed E-state index contributed by atoms with van der Waals surface area (Å²) >= 11 is 0. The summed E-state index contributed by atoms with van der Waals surface area (Å²) in [6.45, 7) is 4.54. The lowest BCUT2D eigenvalue weighted by molar-refractivity contribution is 0.0289. The van der Waals surface area contributed by atoms with Gasteiger partial charge in [-0.1, -0.05) is 6.92 Å². The topological polar surface area (TPSA) is 59.8 Å². The molecule has 1 aromatic heterocycles. The first-order chi connectivity index (χ1) is 10.5. The standard InChI is InChI=1S/C16H23NO4S/c1-11-8-13(11)15-3-2-12(21-15)9-17-5-7-22(18,19)16-10-20-6-4-14(16)17/h2-3,11,13-14,16H,4-10H2,1H3. The highest BCUT2D eigenvalue weighted by Crippen LogP contribution is 2.47. The van der Waals surface area contributed by atoms with Gasteiger partial charge in [0.25, 0.3) is 0 Å². The van der Waals surface area contributed by atoms with E-state index in [2.05, 4.69) is 24.0 Å². The number of nitrogens with zero attached hydrogens (tertiary/aromatic N) is 1. The molecule has 0 radical (unpaired) electrons. The van der Waals surface area contributed by atoms with Gasteiger partial charge in [-0.3, -0.25) is 4.90 Å². The summed E-state index contributed by atoms with van der Waals surface area (Å²) in [5.41, 5.74) is 0. The van der Waals surface area contributed by atoms with Crippen LogP contribution in [0.4, 0.5) is 0 Å². The Morgan fingerprint density at radius 3 is 2.95 bits per heavy atom. The zero-order chi connectivity index (χ0) is 15.3. The maximum Gasteiger partial charge on any atom is 0.158 e. The minimum absolute atomic E-state index is 0.0703. The summed E-state index contributed by atoms with van der Waals surface area (Å²) in [6, 6.07) is 4.21. The van der Waals surface area contributed by atoms with Crippen molar-refractivity contribution in [3.05, 3.63) is 23.7 Å². The van der Waals surface area contributed by atoms with Crippen LogP contribution >= 0.6 is 0 Å². The van der Waals surface area contributed by atoms with Gasteiger partial charge in [0.2, 0.25) is 0 Å². The van der Waals surface area contributed by atoms with Crippen molar-refractivity contribution < 1.29 is 17.6 Å². The molecule has 0 aromatic carbocycles. The maximum atomic E-state index is 12.2. The summed E-state index contributed by atoms with van der Waals surface area (Å²) in [4.78, 5) is 2.27. The Kier molecular flexibility index (Phi) is 3.58. The van der Waals surface area contributed by atoms with E-state index < -0.39 is 9.84 Å². The van der Waals surface area contributed by atoms with Gasteiger partial charge in [0.15, 0.2) is 9.84 Å². The molecule has 3 fully saturated rings. The molecule has 3 aliphatic rings. The van der Waals surface area contributed by atoms with E-state index in [1.165, 1.54) is 6.42 Å². The highest BCUT2D eigenvalue weighted by molar-refractivity contribution is 7.92. The fourth-order valence-corrected chi connectivity index (χ4v) is 5.70. The van der Waals surface area contributed by atoms with E-state index >= 15 is 0 Å². The number of furan rings is 1. The lowest BCUT2D eigenvalue weighted by Gasteiger charge is -2.42. The largest absolute Gasteiger partial charge is 0.464 e. The minimum Gasteiger partial charge on any atom is -0.464 e. The third-order valence-corrected chi connectivity index (χ3v) is 7.50. The average Bonchev–Trinajstić information content (AvgIpc) is 3.05. The molecule has 6 heteroatoms. The quantitative estimate of drug-likeness (QED) is 0.848. The summed E-state index contributed by atoms with van der Waals surface area (Å²) in [5.74, 6) is 3.60. The van der Waals surface area contributed by atoms with E-state index in [9.17, 15) is 8.42 Å². The van der Waals surface area contributed by atoms with E-state index in [1.807, 2.05) is 0 Å². The number of hydrogen-bond donors (Lipinski definition) is 0. The molecular weight excluding hydrogens is 302 g/mol. The monoisotopic (exact) mass is 325 g/mol. The SMILES string of the molecule is CC1CC1c1ccc(CN2CCS(=O)(=O)C3COCCC32)o1. The number of sulfone groups is 1. The van der Waals surface area contributed by atoms with Crippen LogP contribution in [0.1, 0.15) is 37.2 Å². The van der Waals surface area contributed by atoms with Gasteiger partial charge in [-0.25, -0.2) is 8.42 Å². The lowest BCUT2D eigenvalue weighted by atomic mass is 10.1. The van der Waals surface area contributed by atoms with Crippen LogP contribution in [0.15, 0.2) is 16.5 Å². The van der Waals surface area contributed by atoms with Crippen LogP contribution in [-0.2, 0) is 21.1 Å². The molecule has 122 valence electrons. The smallest absolute Gasteiger partial charge is 0.158 e. The first-order valence-corrected chi connectivity index (χ1v) is 9.88. The van der Waals surface area contributed by atoms with Gasteiger partial charge < -0.3 is 9.15 Å². The van der Waals surface area contributed by atoms with Crippen LogP contribution in [-0.4, -0.2) is 50.1 Å². The Morgan fingerprint density at radius 1 is 1.36 bits per heavy atom. The Hall–Kier alpha value is -0.850. The molecule has 4 rings (SSSR count). The molecule has 4 unspecified atom stereocenters. The molecule has 3 heterocycles. The molecular formula is C16H23NO4S. The molecule has 5 nitrogen and oxygen atoms in total. The second-order valence-corrected chi connectivity index (χ2v) is 9.27. The molecule has 4 atom stereocenters. The van der Waals surface area contributed by atoms with Crippen LogP contribution in [0.25, 0.3) is 0 Å². The number of hydrogen-bond acceptors (Lipinski definition) is 5. The molecule has 2 aliphatic heterocycles. The second-order valence-electron chi connectivity index (χ2n) is 6.93. The van der Waals surface area contributed by atoms with E-state index in [0.717, 1.165) is 23.9 Å². The van der Waals surface area contributed by atoms with Crippen molar-refractivity contribution in [1.82, 2.24) is 4.90 Å². The third kappa shape index (κ3) is 2.61. The first kappa shape index (κ1) is 14.7. The van der Waals surface area contributed by atoms with Crippen molar-refractivity contribution in [2.45, 2.75) is 43.5 Å². The van der Waals surface area contributed by atoms with E-state index in [0.29, 0.717) is 32.2 Å². The van der Waals surface area contributed by atoms with Crippen LogP contribution < -0.4 is 0 Å². The fourth-order valence-electron chi connectivity index (χ4n) is 3.82. The van der Waals surface area contributed by atoms with Crippen LogP contribution in [0.5, 0.6) is 0 Å². The van der Waals surface area contributed by atoms with Crippen molar-refractivity contribution >= 4 is 9.84 Å². The molecule has 0 bridgehead atoms. The summed E-state index contributed by atoms with van der Waals surface area (Å²) in [7, 11) is -3.01. The third-order valence-electron chi connectivity index (χ3n) is 5.38. The molecule has 0 amide bonds. The molecule has 0 N–H and O–H groups in total. The predicted octanol–water partition coefficient (Wildman–Crippen LogP) is 1.79. The highest BCUT2D eigenvalue weighted by atomic mass is 32.2. The fraction of sp³-hybridized carbons (Fsp3) is 0.750. The normalized spacial score (nSPS) is 37.7. The molecule has 22 heavy (non-hydrogen) atoms. The van der Waals surface area contributed by atoms with Crippen LogP contribution in [0.2, 0.25) is 0 Å². The second kappa shape index (κ2) is 5.35. The number of rotatable bonds is 3. The van der Waals surface area contributed by atoms with Crippen molar-refractivity contribution in [3.63, 3.8) is 0 Å². The Balaban J connectivity index is 1.49. The molecule has 1 aliphatic carbocycles. The van der Waals surface area contributed by atoms with Gasteiger partial charge in [-0.15, -0.1) is 0 Å². The molecule has 1 aromatic rings. The minimum atomic E-state index is -3.01. The van der Waals surface area contributed by atoms with Gasteiger partial charge in [0.05, 0.1) is 18.9 Å². The van der Waals surface area contributed by atoms with E-state index in [1.54, 1.807) is 0 Å². The van der Waals surface area contributed by atoms with E-state index in [4.69, 9.17) is 9.15 Å². The Morgan fingerprint density at radius 2 is 2.18 bits per heavy atom.